The zero-order valence-electron chi connectivity index (χ0n) is 11.6. The minimum absolute atomic E-state index is 0.171. The summed E-state index contributed by atoms with van der Waals surface area (Å²) in [6.45, 7) is 7.92. The summed E-state index contributed by atoms with van der Waals surface area (Å²) in [7, 11) is 0. The Kier molecular flexibility index (Phi) is 3.64. The van der Waals surface area contributed by atoms with Gasteiger partial charge in [-0.25, -0.2) is 4.98 Å². The Morgan fingerprint density at radius 2 is 2.05 bits per heavy atom. The van der Waals surface area contributed by atoms with E-state index < -0.39 is 0 Å². The van der Waals surface area contributed by atoms with Crippen molar-refractivity contribution in [3.8, 4) is 0 Å². The maximum atomic E-state index is 12.1. The summed E-state index contributed by atoms with van der Waals surface area (Å²) in [5.41, 5.74) is 2.90. The van der Waals surface area contributed by atoms with Gasteiger partial charge >= 0.3 is 0 Å². The minimum atomic E-state index is -0.295. The first kappa shape index (κ1) is 13.3. The highest BCUT2D eigenvalue weighted by Gasteiger charge is 2.14. The minimum Gasteiger partial charge on any atom is -0.319 e. The molecule has 0 spiro atoms. The van der Waals surface area contributed by atoms with Crippen molar-refractivity contribution in [3.05, 3.63) is 41.0 Å². The molecular formula is C14H18N4O. The van der Waals surface area contributed by atoms with E-state index in [0.29, 0.717) is 5.82 Å². The van der Waals surface area contributed by atoms with E-state index in [1.807, 2.05) is 45.9 Å². The fourth-order valence-corrected chi connectivity index (χ4v) is 1.68. The lowest BCUT2D eigenvalue weighted by Crippen LogP contribution is -2.14. The summed E-state index contributed by atoms with van der Waals surface area (Å²) in [6.07, 6.45) is 0. The van der Waals surface area contributed by atoms with Crippen molar-refractivity contribution in [2.45, 2.75) is 33.6 Å². The molecule has 1 amide bonds. The van der Waals surface area contributed by atoms with Crippen LogP contribution in [-0.4, -0.2) is 21.1 Å². The summed E-state index contributed by atoms with van der Waals surface area (Å²) in [5.74, 6) is 0.808. The van der Waals surface area contributed by atoms with Gasteiger partial charge in [0.2, 0.25) is 5.82 Å². The van der Waals surface area contributed by atoms with Crippen LogP contribution in [-0.2, 0) is 0 Å². The van der Waals surface area contributed by atoms with Gasteiger partial charge in [0.25, 0.3) is 5.91 Å². The average Bonchev–Trinajstić information content (AvgIpc) is 2.83. The predicted molar refractivity (Wildman–Crippen MR) is 74.3 cm³/mol. The maximum absolute atomic E-state index is 12.1. The lowest BCUT2D eigenvalue weighted by Gasteiger charge is -2.07. The van der Waals surface area contributed by atoms with Crippen LogP contribution in [0.25, 0.3) is 0 Å². The highest BCUT2D eigenvalue weighted by atomic mass is 16.2. The van der Waals surface area contributed by atoms with Crippen LogP contribution in [0.4, 0.5) is 5.69 Å². The summed E-state index contributed by atoms with van der Waals surface area (Å²) in [5, 5.41) is 9.55. The van der Waals surface area contributed by atoms with Gasteiger partial charge in [0, 0.05) is 11.6 Å². The first-order valence-corrected chi connectivity index (χ1v) is 6.28. The standard InChI is InChI=1S/C14H18N4O/c1-8(2)12-16-13(18-17-12)14(19)15-11-7-9(3)5-6-10(11)4/h5-8H,1-4H3,(H,15,19)(H,16,17,18). The SMILES string of the molecule is Cc1ccc(C)c(NC(=O)c2n[nH]c(C(C)C)n2)c1. The molecule has 1 aromatic carbocycles. The summed E-state index contributed by atoms with van der Waals surface area (Å²) < 4.78 is 0. The normalized spacial score (nSPS) is 10.8. The Morgan fingerprint density at radius 3 is 2.68 bits per heavy atom. The van der Waals surface area contributed by atoms with Crippen LogP contribution in [0, 0.1) is 13.8 Å². The van der Waals surface area contributed by atoms with Crippen LogP contribution in [0.2, 0.25) is 0 Å². The Bertz CT molecular complexity index is 601. The number of aromatic nitrogens is 3. The lowest BCUT2D eigenvalue weighted by atomic mass is 10.1. The molecule has 0 fully saturated rings. The molecule has 2 N–H and O–H groups in total. The second kappa shape index (κ2) is 5.22. The molecule has 0 unspecified atom stereocenters. The van der Waals surface area contributed by atoms with Gasteiger partial charge in [-0.2, -0.15) is 0 Å². The van der Waals surface area contributed by atoms with Crippen molar-refractivity contribution in [2.24, 2.45) is 0 Å². The number of nitrogens with zero attached hydrogens (tertiary/aromatic N) is 2. The molecule has 1 aromatic heterocycles. The summed E-state index contributed by atoms with van der Waals surface area (Å²) in [6, 6.07) is 5.92. The van der Waals surface area contributed by atoms with Gasteiger partial charge in [0.1, 0.15) is 5.82 Å². The molecule has 0 aliphatic heterocycles. The van der Waals surface area contributed by atoms with Gasteiger partial charge < -0.3 is 5.32 Å². The van der Waals surface area contributed by atoms with Crippen LogP contribution >= 0.6 is 0 Å². The Labute approximate surface area is 112 Å². The van der Waals surface area contributed by atoms with Crippen molar-refractivity contribution in [1.29, 1.82) is 0 Å². The third kappa shape index (κ3) is 2.99. The van der Waals surface area contributed by atoms with Crippen LogP contribution < -0.4 is 5.32 Å². The number of nitrogens with one attached hydrogen (secondary N) is 2. The van der Waals surface area contributed by atoms with Crippen molar-refractivity contribution in [1.82, 2.24) is 15.2 Å². The van der Waals surface area contributed by atoms with Crippen molar-refractivity contribution >= 4 is 11.6 Å². The number of H-pyrrole nitrogens is 1. The number of amides is 1. The van der Waals surface area contributed by atoms with Crippen LogP contribution in [0.1, 0.15) is 47.3 Å². The summed E-state index contributed by atoms with van der Waals surface area (Å²) in [4.78, 5) is 16.2. The van der Waals surface area contributed by atoms with Gasteiger partial charge in [-0.15, -0.1) is 5.10 Å². The number of hydrogen-bond acceptors (Lipinski definition) is 3. The second-order valence-corrected chi connectivity index (χ2v) is 4.97. The number of carbonyl (C=O) groups is 1. The van der Waals surface area contributed by atoms with Gasteiger partial charge in [0.05, 0.1) is 0 Å². The van der Waals surface area contributed by atoms with Crippen LogP contribution in [0.5, 0.6) is 0 Å². The van der Waals surface area contributed by atoms with Crippen molar-refractivity contribution in [3.63, 3.8) is 0 Å². The number of anilines is 1. The monoisotopic (exact) mass is 258 g/mol. The molecule has 2 aromatic rings. The van der Waals surface area contributed by atoms with Crippen molar-refractivity contribution < 1.29 is 4.79 Å². The molecule has 5 heteroatoms. The first-order valence-electron chi connectivity index (χ1n) is 6.28. The smallest absolute Gasteiger partial charge is 0.295 e. The molecule has 19 heavy (non-hydrogen) atoms. The van der Waals surface area contributed by atoms with Crippen LogP contribution in [0.15, 0.2) is 18.2 Å². The zero-order valence-corrected chi connectivity index (χ0v) is 11.6. The molecule has 0 bridgehead atoms. The van der Waals surface area contributed by atoms with E-state index in [9.17, 15) is 4.79 Å². The molecular weight excluding hydrogens is 240 g/mol. The number of aryl methyl sites for hydroxylation is 2. The molecule has 0 radical (unpaired) electrons. The Balaban J connectivity index is 2.18. The van der Waals surface area contributed by atoms with Crippen molar-refractivity contribution in [2.75, 3.05) is 5.32 Å². The Morgan fingerprint density at radius 1 is 1.32 bits per heavy atom. The third-order valence-corrected chi connectivity index (χ3v) is 2.89. The molecule has 0 atom stereocenters. The lowest BCUT2D eigenvalue weighted by molar-refractivity contribution is 0.101. The molecule has 2 rings (SSSR count). The van der Waals surface area contributed by atoms with E-state index in [4.69, 9.17) is 0 Å². The molecule has 0 aliphatic rings. The molecule has 100 valence electrons. The quantitative estimate of drug-likeness (QED) is 0.889. The number of rotatable bonds is 3. The van der Waals surface area contributed by atoms with E-state index >= 15 is 0 Å². The maximum Gasteiger partial charge on any atom is 0.295 e. The number of hydrogen-bond donors (Lipinski definition) is 2. The van der Waals surface area contributed by atoms with E-state index in [1.54, 1.807) is 0 Å². The third-order valence-electron chi connectivity index (χ3n) is 2.89. The van der Waals surface area contributed by atoms with Gasteiger partial charge in [0.15, 0.2) is 0 Å². The largest absolute Gasteiger partial charge is 0.319 e. The van der Waals surface area contributed by atoms with Gasteiger partial charge in [-0.1, -0.05) is 26.0 Å². The highest BCUT2D eigenvalue weighted by molar-refractivity contribution is 6.01. The number of benzene rings is 1. The zero-order chi connectivity index (χ0) is 14.0. The molecule has 0 aliphatic carbocycles. The molecule has 0 saturated carbocycles. The number of aromatic amines is 1. The average molecular weight is 258 g/mol. The topological polar surface area (TPSA) is 70.7 Å². The summed E-state index contributed by atoms with van der Waals surface area (Å²) >= 11 is 0. The van der Waals surface area contributed by atoms with Gasteiger partial charge in [-0.05, 0) is 31.0 Å². The molecule has 1 heterocycles. The van der Waals surface area contributed by atoms with Gasteiger partial charge in [-0.3, -0.25) is 9.89 Å². The van der Waals surface area contributed by atoms with E-state index in [2.05, 4.69) is 20.5 Å². The van der Waals surface area contributed by atoms with Crippen LogP contribution in [0.3, 0.4) is 0 Å². The number of carbonyl (C=O) groups excluding carboxylic acids is 1. The second-order valence-electron chi connectivity index (χ2n) is 4.97. The van der Waals surface area contributed by atoms with E-state index in [-0.39, 0.29) is 17.6 Å². The fourth-order valence-electron chi connectivity index (χ4n) is 1.68. The fraction of sp³-hybridized carbons (Fsp3) is 0.357. The highest BCUT2D eigenvalue weighted by Crippen LogP contribution is 2.17. The van der Waals surface area contributed by atoms with E-state index in [1.165, 1.54) is 0 Å². The van der Waals surface area contributed by atoms with E-state index in [0.717, 1.165) is 16.8 Å². The molecule has 0 saturated heterocycles. The first-order chi connectivity index (χ1) is 8.97. The molecule has 5 nitrogen and oxygen atoms in total. The predicted octanol–water partition coefficient (Wildman–Crippen LogP) is 2.80. The Hall–Kier alpha value is -2.17.